The zero-order chi connectivity index (χ0) is 14.8. The predicted molar refractivity (Wildman–Crippen MR) is 80.5 cm³/mol. The lowest BCUT2D eigenvalue weighted by molar-refractivity contribution is -0.144. The van der Waals surface area contributed by atoms with Gasteiger partial charge in [0.25, 0.3) is 0 Å². The molecule has 2 fully saturated rings. The number of β-amino-alcohol motifs (C(OH)–C–C–N with tert-alkyl or cyclic N) is 1. The van der Waals surface area contributed by atoms with E-state index in [1.165, 1.54) is 12.8 Å². The highest BCUT2D eigenvalue weighted by Gasteiger charge is 2.42. The number of rotatable bonds is 4. The van der Waals surface area contributed by atoms with Gasteiger partial charge >= 0.3 is 0 Å². The van der Waals surface area contributed by atoms with Gasteiger partial charge in [-0.15, -0.1) is 0 Å². The van der Waals surface area contributed by atoms with Gasteiger partial charge in [0.1, 0.15) is 0 Å². The van der Waals surface area contributed by atoms with Gasteiger partial charge in [-0.3, -0.25) is 9.69 Å². The molecule has 2 aliphatic rings. The summed E-state index contributed by atoms with van der Waals surface area (Å²) in [4.78, 5) is 17.1. The van der Waals surface area contributed by atoms with E-state index < -0.39 is 5.60 Å². The minimum atomic E-state index is -0.651. The van der Waals surface area contributed by atoms with Crippen molar-refractivity contribution in [1.29, 1.82) is 0 Å². The quantitative estimate of drug-likeness (QED) is 0.856. The Labute approximate surface area is 123 Å². The number of hydrogen-bond donors (Lipinski definition) is 1. The molecule has 1 heterocycles. The first kappa shape index (κ1) is 15.8. The van der Waals surface area contributed by atoms with E-state index in [2.05, 4.69) is 16.7 Å². The molecule has 0 aromatic rings. The fraction of sp³-hybridized carbons (Fsp3) is 0.938. The number of carbonyl (C=O) groups excluding carboxylic acids is 1. The van der Waals surface area contributed by atoms with Crippen molar-refractivity contribution >= 4 is 5.91 Å². The van der Waals surface area contributed by atoms with Gasteiger partial charge in [0, 0.05) is 38.1 Å². The standard InChI is InChI=1S/C16H30N2O2/c1-4-16(7-5-6-8-16)14(19)18-11-9-17(10-12-18)13-15(2,3)20/h20H,4-13H2,1-3H3. The molecule has 0 atom stereocenters. The van der Waals surface area contributed by atoms with Crippen LogP contribution in [0.4, 0.5) is 0 Å². The first-order chi connectivity index (χ1) is 9.36. The van der Waals surface area contributed by atoms with Crippen LogP contribution in [0.3, 0.4) is 0 Å². The molecule has 1 aliphatic carbocycles. The minimum absolute atomic E-state index is 0.0571. The highest BCUT2D eigenvalue weighted by Crippen LogP contribution is 2.42. The topological polar surface area (TPSA) is 43.8 Å². The summed E-state index contributed by atoms with van der Waals surface area (Å²) < 4.78 is 0. The molecule has 2 rings (SSSR count). The van der Waals surface area contributed by atoms with E-state index in [1.54, 1.807) is 0 Å². The third-order valence-electron chi connectivity index (χ3n) is 4.96. The molecule has 4 heteroatoms. The normalized spacial score (nSPS) is 24.1. The Morgan fingerprint density at radius 3 is 2.15 bits per heavy atom. The van der Waals surface area contributed by atoms with Gasteiger partial charge < -0.3 is 10.0 Å². The molecule has 0 aromatic carbocycles. The molecule has 0 bridgehead atoms. The molecule has 0 spiro atoms. The molecule has 1 saturated carbocycles. The van der Waals surface area contributed by atoms with E-state index in [-0.39, 0.29) is 5.41 Å². The predicted octanol–water partition coefficient (Wildman–Crippen LogP) is 1.87. The van der Waals surface area contributed by atoms with Gasteiger partial charge in [-0.1, -0.05) is 19.8 Å². The SMILES string of the molecule is CCC1(C(=O)N2CCN(CC(C)(C)O)CC2)CCCC1. The van der Waals surface area contributed by atoms with Crippen LogP contribution in [0, 0.1) is 5.41 Å². The summed E-state index contributed by atoms with van der Waals surface area (Å²) >= 11 is 0. The summed E-state index contributed by atoms with van der Waals surface area (Å²) in [5.41, 5.74) is -0.708. The second kappa shape index (κ2) is 6.02. The number of carbonyl (C=O) groups is 1. The molecular weight excluding hydrogens is 252 g/mol. The minimum Gasteiger partial charge on any atom is -0.389 e. The molecule has 0 unspecified atom stereocenters. The smallest absolute Gasteiger partial charge is 0.228 e. The van der Waals surface area contributed by atoms with Crippen molar-refractivity contribution in [3.05, 3.63) is 0 Å². The molecular formula is C16H30N2O2. The Balaban J connectivity index is 1.88. The molecule has 0 aromatic heterocycles. The van der Waals surface area contributed by atoms with Crippen molar-refractivity contribution < 1.29 is 9.90 Å². The summed E-state index contributed by atoms with van der Waals surface area (Å²) in [6, 6.07) is 0. The maximum Gasteiger partial charge on any atom is 0.228 e. The van der Waals surface area contributed by atoms with E-state index in [0.29, 0.717) is 12.5 Å². The highest BCUT2D eigenvalue weighted by atomic mass is 16.3. The Morgan fingerprint density at radius 1 is 1.15 bits per heavy atom. The van der Waals surface area contributed by atoms with Crippen molar-refractivity contribution in [2.75, 3.05) is 32.7 Å². The van der Waals surface area contributed by atoms with Crippen LogP contribution in [-0.2, 0) is 4.79 Å². The monoisotopic (exact) mass is 282 g/mol. The average molecular weight is 282 g/mol. The summed E-state index contributed by atoms with van der Waals surface area (Å²) in [5, 5.41) is 9.87. The van der Waals surface area contributed by atoms with Gasteiger partial charge in [-0.25, -0.2) is 0 Å². The summed E-state index contributed by atoms with van der Waals surface area (Å²) in [7, 11) is 0. The first-order valence-corrected chi connectivity index (χ1v) is 8.10. The third-order valence-corrected chi connectivity index (χ3v) is 4.96. The van der Waals surface area contributed by atoms with Crippen LogP contribution >= 0.6 is 0 Å². The highest BCUT2D eigenvalue weighted by molar-refractivity contribution is 5.83. The van der Waals surface area contributed by atoms with Crippen LogP contribution < -0.4 is 0 Å². The lowest BCUT2D eigenvalue weighted by Crippen LogP contribution is -2.54. The second-order valence-corrected chi connectivity index (χ2v) is 7.22. The van der Waals surface area contributed by atoms with Crippen LogP contribution in [0.2, 0.25) is 0 Å². The summed E-state index contributed by atoms with van der Waals surface area (Å²) in [6.45, 7) is 9.93. The maximum atomic E-state index is 12.8. The average Bonchev–Trinajstić information content (AvgIpc) is 2.87. The molecule has 1 saturated heterocycles. The summed E-state index contributed by atoms with van der Waals surface area (Å²) in [6.07, 6.45) is 5.55. The Morgan fingerprint density at radius 2 is 1.70 bits per heavy atom. The van der Waals surface area contributed by atoms with Crippen molar-refractivity contribution in [2.45, 2.75) is 58.5 Å². The number of aliphatic hydroxyl groups is 1. The number of piperazine rings is 1. The lowest BCUT2D eigenvalue weighted by Gasteiger charge is -2.40. The zero-order valence-electron chi connectivity index (χ0n) is 13.3. The molecule has 1 aliphatic heterocycles. The van der Waals surface area contributed by atoms with E-state index in [4.69, 9.17) is 0 Å². The summed E-state index contributed by atoms with van der Waals surface area (Å²) in [5.74, 6) is 0.389. The molecule has 116 valence electrons. The number of hydrogen-bond acceptors (Lipinski definition) is 3. The van der Waals surface area contributed by atoms with Gasteiger partial charge in [0.2, 0.25) is 5.91 Å². The Bertz CT molecular complexity index is 335. The van der Waals surface area contributed by atoms with E-state index in [1.807, 2.05) is 13.8 Å². The van der Waals surface area contributed by atoms with Crippen LogP contribution in [0.15, 0.2) is 0 Å². The van der Waals surface area contributed by atoms with E-state index in [9.17, 15) is 9.90 Å². The molecule has 4 nitrogen and oxygen atoms in total. The third kappa shape index (κ3) is 3.53. The van der Waals surface area contributed by atoms with Crippen molar-refractivity contribution in [1.82, 2.24) is 9.80 Å². The maximum absolute atomic E-state index is 12.8. The number of nitrogens with zero attached hydrogens (tertiary/aromatic N) is 2. The molecule has 1 N–H and O–H groups in total. The van der Waals surface area contributed by atoms with Crippen LogP contribution in [0.25, 0.3) is 0 Å². The van der Waals surface area contributed by atoms with Gasteiger partial charge in [0.05, 0.1) is 5.60 Å². The van der Waals surface area contributed by atoms with Crippen LogP contribution in [0.5, 0.6) is 0 Å². The van der Waals surface area contributed by atoms with Crippen molar-refractivity contribution in [3.8, 4) is 0 Å². The largest absolute Gasteiger partial charge is 0.389 e. The van der Waals surface area contributed by atoms with Gasteiger partial charge in [0.15, 0.2) is 0 Å². The van der Waals surface area contributed by atoms with Crippen LogP contribution in [-0.4, -0.2) is 59.1 Å². The number of amides is 1. The van der Waals surface area contributed by atoms with E-state index >= 15 is 0 Å². The first-order valence-electron chi connectivity index (χ1n) is 8.10. The van der Waals surface area contributed by atoms with Crippen molar-refractivity contribution in [3.63, 3.8) is 0 Å². The molecule has 1 amide bonds. The molecule has 20 heavy (non-hydrogen) atoms. The van der Waals surface area contributed by atoms with Crippen molar-refractivity contribution in [2.24, 2.45) is 5.41 Å². The second-order valence-electron chi connectivity index (χ2n) is 7.22. The lowest BCUT2D eigenvalue weighted by atomic mass is 9.81. The Kier molecular flexibility index (Phi) is 4.75. The van der Waals surface area contributed by atoms with Gasteiger partial charge in [-0.2, -0.15) is 0 Å². The van der Waals surface area contributed by atoms with E-state index in [0.717, 1.165) is 45.4 Å². The molecule has 0 radical (unpaired) electrons. The fourth-order valence-electron chi connectivity index (χ4n) is 3.76. The zero-order valence-corrected chi connectivity index (χ0v) is 13.3. The fourth-order valence-corrected chi connectivity index (χ4v) is 3.76. The van der Waals surface area contributed by atoms with Crippen LogP contribution in [0.1, 0.15) is 52.9 Å². The Hall–Kier alpha value is -0.610. The van der Waals surface area contributed by atoms with Gasteiger partial charge in [-0.05, 0) is 33.1 Å².